The molecule has 0 unspecified atom stereocenters. The number of ether oxygens (including phenoxy) is 1. The Labute approximate surface area is 69.3 Å². The molecule has 11 heavy (non-hydrogen) atoms. The van der Waals surface area contributed by atoms with Gasteiger partial charge in [0.2, 0.25) is 0 Å². The topological polar surface area (TPSA) is 21.3 Å². The summed E-state index contributed by atoms with van der Waals surface area (Å²) in [5, 5.41) is 3.17. The highest BCUT2D eigenvalue weighted by Crippen LogP contribution is 2.35. The average molecular weight is 157 g/mol. The molecule has 0 saturated carbocycles. The van der Waals surface area contributed by atoms with E-state index in [0.717, 1.165) is 19.8 Å². The summed E-state index contributed by atoms with van der Waals surface area (Å²) in [6, 6.07) is 0. The van der Waals surface area contributed by atoms with E-state index in [1.165, 1.54) is 19.3 Å². The van der Waals surface area contributed by atoms with Gasteiger partial charge in [-0.25, -0.2) is 0 Å². The minimum Gasteiger partial charge on any atom is -0.380 e. The molecule has 1 fully saturated rings. The van der Waals surface area contributed by atoms with Gasteiger partial charge in [-0.15, -0.1) is 0 Å². The molecule has 1 heterocycles. The third kappa shape index (κ3) is 2.17. The van der Waals surface area contributed by atoms with E-state index in [-0.39, 0.29) is 0 Å². The highest BCUT2D eigenvalue weighted by Gasteiger charge is 2.35. The predicted octanol–water partition coefficient (Wildman–Crippen LogP) is 1.41. The van der Waals surface area contributed by atoms with Crippen LogP contribution in [0.3, 0.4) is 0 Å². The molecule has 1 aliphatic heterocycles. The Kier molecular flexibility index (Phi) is 3.34. The maximum atomic E-state index is 5.24. The molecule has 0 aromatic carbocycles. The van der Waals surface area contributed by atoms with Crippen LogP contribution < -0.4 is 5.32 Å². The van der Waals surface area contributed by atoms with Crippen LogP contribution in [0, 0.1) is 5.41 Å². The molecule has 0 aliphatic carbocycles. The monoisotopic (exact) mass is 157 g/mol. The molecule has 0 atom stereocenters. The van der Waals surface area contributed by atoms with Crippen molar-refractivity contribution in [2.24, 2.45) is 5.41 Å². The zero-order chi connectivity index (χ0) is 8.16. The lowest BCUT2D eigenvalue weighted by atomic mass is 9.79. The summed E-state index contributed by atoms with van der Waals surface area (Å²) in [5.41, 5.74) is 0.552. The minimum absolute atomic E-state index is 0.552. The first kappa shape index (κ1) is 9.01. The van der Waals surface area contributed by atoms with Crippen molar-refractivity contribution in [1.82, 2.24) is 5.32 Å². The maximum absolute atomic E-state index is 5.24. The van der Waals surface area contributed by atoms with Gasteiger partial charge in [-0.3, -0.25) is 0 Å². The molecule has 0 bridgehead atoms. The van der Waals surface area contributed by atoms with Gasteiger partial charge in [-0.05, 0) is 32.9 Å². The Hall–Kier alpha value is -0.0800. The third-order valence-electron chi connectivity index (χ3n) is 2.70. The molecule has 1 aliphatic rings. The summed E-state index contributed by atoms with van der Waals surface area (Å²) >= 11 is 0. The SMILES string of the molecule is CCC1(CCCNC)COC1. The van der Waals surface area contributed by atoms with Crippen LogP contribution in [-0.2, 0) is 4.74 Å². The van der Waals surface area contributed by atoms with Gasteiger partial charge < -0.3 is 10.1 Å². The van der Waals surface area contributed by atoms with Gasteiger partial charge in [-0.2, -0.15) is 0 Å². The van der Waals surface area contributed by atoms with Crippen molar-refractivity contribution in [1.29, 1.82) is 0 Å². The normalized spacial score (nSPS) is 21.3. The van der Waals surface area contributed by atoms with Gasteiger partial charge in [0, 0.05) is 5.41 Å². The molecule has 0 aromatic rings. The van der Waals surface area contributed by atoms with Crippen LogP contribution in [-0.4, -0.2) is 26.8 Å². The third-order valence-corrected chi connectivity index (χ3v) is 2.70. The van der Waals surface area contributed by atoms with E-state index in [9.17, 15) is 0 Å². The summed E-state index contributed by atoms with van der Waals surface area (Å²) in [6.07, 6.45) is 3.88. The van der Waals surface area contributed by atoms with Crippen LogP contribution in [0.15, 0.2) is 0 Å². The van der Waals surface area contributed by atoms with Crippen molar-refractivity contribution in [3.63, 3.8) is 0 Å². The fraction of sp³-hybridized carbons (Fsp3) is 1.00. The maximum Gasteiger partial charge on any atom is 0.0544 e. The van der Waals surface area contributed by atoms with Gasteiger partial charge in [0.15, 0.2) is 0 Å². The first-order valence-electron chi connectivity index (χ1n) is 4.55. The molecule has 0 radical (unpaired) electrons. The Morgan fingerprint density at radius 1 is 1.45 bits per heavy atom. The van der Waals surface area contributed by atoms with Gasteiger partial charge in [0.25, 0.3) is 0 Å². The van der Waals surface area contributed by atoms with Crippen molar-refractivity contribution in [3.05, 3.63) is 0 Å². The van der Waals surface area contributed by atoms with Gasteiger partial charge in [0.05, 0.1) is 13.2 Å². The number of nitrogens with one attached hydrogen (secondary N) is 1. The number of rotatable bonds is 5. The summed E-state index contributed by atoms with van der Waals surface area (Å²) in [7, 11) is 2.01. The lowest BCUT2D eigenvalue weighted by Gasteiger charge is -2.41. The molecule has 1 saturated heterocycles. The molecular formula is C9H19NO. The number of hydrogen-bond acceptors (Lipinski definition) is 2. The Bertz CT molecular complexity index is 105. The van der Waals surface area contributed by atoms with Gasteiger partial charge >= 0.3 is 0 Å². The van der Waals surface area contributed by atoms with E-state index in [2.05, 4.69) is 12.2 Å². The van der Waals surface area contributed by atoms with E-state index in [1.54, 1.807) is 0 Å². The van der Waals surface area contributed by atoms with Crippen LogP contribution in [0.5, 0.6) is 0 Å². The first-order chi connectivity index (χ1) is 5.33. The van der Waals surface area contributed by atoms with E-state index < -0.39 is 0 Å². The van der Waals surface area contributed by atoms with Crippen molar-refractivity contribution in [3.8, 4) is 0 Å². The van der Waals surface area contributed by atoms with E-state index in [1.807, 2.05) is 7.05 Å². The van der Waals surface area contributed by atoms with E-state index >= 15 is 0 Å². The van der Waals surface area contributed by atoms with Crippen molar-refractivity contribution in [2.45, 2.75) is 26.2 Å². The van der Waals surface area contributed by atoms with Crippen LogP contribution >= 0.6 is 0 Å². The highest BCUT2D eigenvalue weighted by molar-refractivity contribution is 4.83. The molecule has 66 valence electrons. The summed E-state index contributed by atoms with van der Waals surface area (Å²) in [5.74, 6) is 0. The van der Waals surface area contributed by atoms with Gasteiger partial charge in [-0.1, -0.05) is 6.92 Å². The summed E-state index contributed by atoms with van der Waals surface area (Å²) in [4.78, 5) is 0. The lowest BCUT2D eigenvalue weighted by molar-refractivity contribution is -0.119. The largest absolute Gasteiger partial charge is 0.380 e. The first-order valence-corrected chi connectivity index (χ1v) is 4.55. The lowest BCUT2D eigenvalue weighted by Crippen LogP contribution is -2.42. The summed E-state index contributed by atoms with van der Waals surface area (Å²) < 4.78 is 5.24. The Morgan fingerprint density at radius 2 is 2.18 bits per heavy atom. The molecule has 2 heteroatoms. The van der Waals surface area contributed by atoms with Crippen molar-refractivity contribution >= 4 is 0 Å². The van der Waals surface area contributed by atoms with Crippen molar-refractivity contribution < 1.29 is 4.74 Å². The van der Waals surface area contributed by atoms with Crippen LogP contribution in [0.2, 0.25) is 0 Å². The van der Waals surface area contributed by atoms with Crippen LogP contribution in [0.1, 0.15) is 26.2 Å². The average Bonchev–Trinajstić information content (AvgIpc) is 1.95. The molecule has 0 aromatic heterocycles. The van der Waals surface area contributed by atoms with E-state index in [0.29, 0.717) is 5.41 Å². The quantitative estimate of drug-likeness (QED) is 0.609. The van der Waals surface area contributed by atoms with Crippen LogP contribution in [0.4, 0.5) is 0 Å². The molecule has 1 N–H and O–H groups in total. The van der Waals surface area contributed by atoms with Crippen LogP contribution in [0.25, 0.3) is 0 Å². The fourth-order valence-electron chi connectivity index (χ4n) is 1.56. The van der Waals surface area contributed by atoms with Gasteiger partial charge in [0.1, 0.15) is 0 Å². The van der Waals surface area contributed by atoms with Crippen molar-refractivity contribution in [2.75, 3.05) is 26.8 Å². The number of hydrogen-bond donors (Lipinski definition) is 1. The Morgan fingerprint density at radius 3 is 2.55 bits per heavy atom. The fourth-order valence-corrected chi connectivity index (χ4v) is 1.56. The second kappa shape index (κ2) is 4.07. The Balaban J connectivity index is 2.11. The minimum atomic E-state index is 0.552. The molecule has 1 rings (SSSR count). The second-order valence-corrected chi connectivity index (χ2v) is 3.55. The van der Waals surface area contributed by atoms with E-state index in [4.69, 9.17) is 4.74 Å². The highest BCUT2D eigenvalue weighted by atomic mass is 16.5. The molecule has 2 nitrogen and oxygen atoms in total. The predicted molar refractivity (Wildman–Crippen MR) is 46.7 cm³/mol. The molecular weight excluding hydrogens is 138 g/mol. The second-order valence-electron chi connectivity index (χ2n) is 3.55. The smallest absolute Gasteiger partial charge is 0.0544 e. The summed E-state index contributed by atoms with van der Waals surface area (Å²) in [6.45, 7) is 5.39. The zero-order valence-electron chi connectivity index (χ0n) is 7.65. The zero-order valence-corrected chi connectivity index (χ0v) is 7.65. The standard InChI is InChI=1S/C9H19NO/c1-3-9(7-11-8-9)5-4-6-10-2/h10H,3-8H2,1-2H3. The molecule has 0 amide bonds. The molecule has 0 spiro atoms.